The van der Waals surface area contributed by atoms with Gasteiger partial charge in [-0.2, -0.15) is 0 Å². The predicted molar refractivity (Wildman–Crippen MR) is 331 cm³/mol. The largest absolute Gasteiger partial charge is 0.477 e. The summed E-state index contributed by atoms with van der Waals surface area (Å²) in [4.78, 5) is 64.4. The molecule has 9 heterocycles. The maximum absolute atomic E-state index is 12.5. The molecule has 4 saturated heterocycles. The monoisotopic (exact) mass is 1140 g/mol. The van der Waals surface area contributed by atoms with Crippen LogP contribution in [0, 0.1) is 34.6 Å². The van der Waals surface area contributed by atoms with E-state index in [1.165, 1.54) is 108 Å². The van der Waals surface area contributed by atoms with Crippen LogP contribution in [0.15, 0.2) is 91.6 Å². The third-order valence-electron chi connectivity index (χ3n) is 15.0. The minimum Gasteiger partial charge on any atom is -0.477 e. The molecule has 2 unspecified atom stereocenters. The molecule has 4 aliphatic rings. The highest BCUT2D eigenvalue weighted by Crippen LogP contribution is 2.22. The molecule has 0 bridgehead atoms. The summed E-state index contributed by atoms with van der Waals surface area (Å²) in [5.41, 5.74) is 14.9. The van der Waals surface area contributed by atoms with Gasteiger partial charge >= 0.3 is 5.97 Å². The molecule has 5 aromatic rings. The Morgan fingerprint density at radius 2 is 0.890 bits per heavy atom. The Balaban J connectivity index is 0.000000192. The Bertz CT molecular complexity index is 2630. The fourth-order valence-electron chi connectivity index (χ4n) is 9.76. The average molecular weight is 1140 g/mol. The molecule has 0 aliphatic carbocycles. The number of ketones is 1. The lowest BCUT2D eigenvalue weighted by Crippen LogP contribution is -2.38. The summed E-state index contributed by atoms with van der Waals surface area (Å²) in [6, 6.07) is 19.1. The number of Topliss-reactive ketones (excluding diaryl/α,β-unsaturated/α-hetero) is 1. The predicted octanol–water partition coefficient (Wildman–Crippen LogP) is 11.2. The van der Waals surface area contributed by atoms with Crippen molar-refractivity contribution in [3.63, 3.8) is 0 Å². The Morgan fingerprint density at radius 1 is 0.512 bits per heavy atom. The van der Waals surface area contributed by atoms with E-state index < -0.39 is 17.0 Å². The molecule has 5 aromatic heterocycles. The number of pyridine rings is 5. The second-order valence-electron chi connectivity index (χ2n) is 23.5. The lowest BCUT2D eigenvalue weighted by molar-refractivity contribution is 0.0687. The van der Waals surface area contributed by atoms with Crippen molar-refractivity contribution in [1.82, 2.24) is 49.2 Å². The second kappa shape index (κ2) is 36.1. The molecular weight excluding hydrogens is 1050 g/mol. The van der Waals surface area contributed by atoms with Crippen LogP contribution in [-0.2, 0) is 11.0 Å². The lowest BCUT2D eigenvalue weighted by atomic mass is 10.1. The zero-order valence-corrected chi connectivity index (χ0v) is 51.6. The fourth-order valence-corrected chi connectivity index (χ4v) is 10.6. The van der Waals surface area contributed by atoms with E-state index in [4.69, 9.17) is 10.8 Å². The molecule has 448 valence electrons. The van der Waals surface area contributed by atoms with E-state index in [2.05, 4.69) is 75.5 Å². The molecule has 17 heteroatoms. The lowest BCUT2D eigenvalue weighted by Gasteiger charge is -2.29. The van der Waals surface area contributed by atoms with Crippen molar-refractivity contribution in [1.29, 1.82) is 0 Å². The zero-order chi connectivity index (χ0) is 59.3. The number of aromatic carboxylic acids is 1. The number of nitrogens with one attached hydrogen (secondary N) is 1. The zero-order valence-electron chi connectivity index (χ0n) is 50.8. The van der Waals surface area contributed by atoms with E-state index >= 15 is 0 Å². The van der Waals surface area contributed by atoms with Gasteiger partial charge < -0.3 is 30.4 Å². The maximum Gasteiger partial charge on any atom is 0.354 e. The smallest absolute Gasteiger partial charge is 0.354 e. The van der Waals surface area contributed by atoms with E-state index in [-0.39, 0.29) is 34.2 Å². The minimum atomic E-state index is -1.09. The first-order valence-corrected chi connectivity index (χ1v) is 31.3. The van der Waals surface area contributed by atoms with Crippen molar-refractivity contribution in [2.45, 2.75) is 169 Å². The SMILES string of the molecule is Cc1ccc(C(=O)CCN2CCCCC2)nc1.Cc1ccc(C(=O)N2CCCCC2)nc1.Cc1ccc(C(=O)O)nc1.Cc1ccc(C(CCN2CCCCC2)N[S@](=O)C(C)(C)C)nc1.Cc1ccc(C(N)CCN2CCCCC2)nc1. The van der Waals surface area contributed by atoms with Crippen molar-refractivity contribution in [3.8, 4) is 0 Å². The fraction of sp³-hybridized carbons (Fsp3) is 0.569. The number of amides is 1. The average Bonchev–Trinajstić information content (AvgIpc) is 3.50. The van der Waals surface area contributed by atoms with Gasteiger partial charge in [-0.25, -0.2) is 18.7 Å². The van der Waals surface area contributed by atoms with E-state index in [0.29, 0.717) is 17.8 Å². The Hall–Kier alpha value is -5.69. The number of nitrogens with zero attached hydrogens (tertiary/aromatic N) is 9. The number of rotatable bonds is 16. The summed E-state index contributed by atoms with van der Waals surface area (Å²) < 4.78 is 15.6. The molecule has 16 nitrogen and oxygen atoms in total. The van der Waals surface area contributed by atoms with Gasteiger partial charge in [0, 0.05) is 69.6 Å². The van der Waals surface area contributed by atoms with Crippen molar-refractivity contribution in [2.75, 3.05) is 72.0 Å². The first-order valence-electron chi connectivity index (χ1n) is 30.1. The Labute approximate surface area is 493 Å². The second-order valence-corrected chi connectivity index (χ2v) is 25.5. The van der Waals surface area contributed by atoms with Crippen LogP contribution < -0.4 is 10.5 Å². The van der Waals surface area contributed by atoms with Crippen LogP contribution in [0.25, 0.3) is 0 Å². The van der Waals surface area contributed by atoms with Crippen LogP contribution >= 0.6 is 0 Å². The molecule has 1 amide bonds. The Morgan fingerprint density at radius 3 is 1.29 bits per heavy atom. The van der Waals surface area contributed by atoms with Gasteiger partial charge in [-0.3, -0.25) is 29.5 Å². The molecule has 0 spiro atoms. The van der Waals surface area contributed by atoms with E-state index in [0.717, 1.165) is 105 Å². The molecule has 0 aromatic carbocycles. The number of hydrogen-bond acceptors (Lipinski definition) is 13. The van der Waals surface area contributed by atoms with Crippen molar-refractivity contribution in [2.24, 2.45) is 5.73 Å². The first-order chi connectivity index (χ1) is 39.3. The van der Waals surface area contributed by atoms with E-state index in [1.807, 2.05) is 90.0 Å². The molecule has 9 rings (SSSR count). The quantitative estimate of drug-likeness (QED) is 0.0787. The van der Waals surface area contributed by atoms with Crippen LogP contribution in [0.3, 0.4) is 0 Å². The third kappa shape index (κ3) is 25.4. The number of carbonyl (C=O) groups is 3. The number of aryl methyl sites for hydroxylation is 5. The molecule has 0 saturated carbocycles. The highest BCUT2D eigenvalue weighted by Gasteiger charge is 2.25. The van der Waals surface area contributed by atoms with Crippen LogP contribution in [0.4, 0.5) is 0 Å². The van der Waals surface area contributed by atoms with Gasteiger partial charge in [-0.1, -0.05) is 49.6 Å². The van der Waals surface area contributed by atoms with Crippen LogP contribution in [0.2, 0.25) is 0 Å². The van der Waals surface area contributed by atoms with Gasteiger partial charge in [-0.15, -0.1) is 0 Å². The molecule has 4 fully saturated rings. The summed E-state index contributed by atoms with van der Waals surface area (Å²) in [6.45, 7) is 27.9. The third-order valence-corrected chi connectivity index (χ3v) is 16.6. The van der Waals surface area contributed by atoms with Crippen molar-refractivity contribution >= 4 is 28.6 Å². The van der Waals surface area contributed by atoms with Crippen LogP contribution in [0.5, 0.6) is 0 Å². The van der Waals surface area contributed by atoms with Crippen LogP contribution in [-0.4, -0.2) is 148 Å². The number of piperidine rings is 4. The Kier molecular flexibility index (Phi) is 29.6. The van der Waals surface area contributed by atoms with Gasteiger partial charge in [0.25, 0.3) is 5.91 Å². The number of aromatic nitrogens is 5. The van der Waals surface area contributed by atoms with Crippen molar-refractivity contribution < 1.29 is 23.7 Å². The van der Waals surface area contributed by atoms with E-state index in [1.54, 1.807) is 18.5 Å². The molecular formula is C65H97N11O5S. The first kappa shape index (κ1) is 67.1. The van der Waals surface area contributed by atoms with Gasteiger partial charge in [0.2, 0.25) is 0 Å². The topological polar surface area (TPSA) is 204 Å². The normalized spacial score (nSPS) is 17.1. The number of carboxylic acid groups (broad SMARTS) is 1. The summed E-state index contributed by atoms with van der Waals surface area (Å²) in [6.07, 6.45) is 26.8. The molecule has 4 N–H and O–H groups in total. The maximum atomic E-state index is 12.5. The summed E-state index contributed by atoms with van der Waals surface area (Å²) >= 11 is 0. The van der Waals surface area contributed by atoms with Crippen LogP contribution in [0.1, 0.15) is 200 Å². The summed E-state index contributed by atoms with van der Waals surface area (Å²) in [5, 5.41) is 8.41. The summed E-state index contributed by atoms with van der Waals surface area (Å²) in [7, 11) is -1.09. The molecule has 0 radical (unpaired) electrons. The highest BCUT2D eigenvalue weighted by molar-refractivity contribution is 7.84. The number of hydrogen-bond donors (Lipinski definition) is 3. The summed E-state index contributed by atoms with van der Waals surface area (Å²) in [5.74, 6) is -0.745. The van der Waals surface area contributed by atoms with Gasteiger partial charge in [0.15, 0.2) is 5.78 Å². The standard InChI is InChI=1S/C18H31N3OS.C14H23N3.C14H20N2O.C12H16N2O.C7H7NO2/c1-15-8-9-16(19-14-15)17(20-23(22)18(2,3)4)10-13-21-11-6-5-7-12-21;1-12-5-6-14(16-11-12)13(15)7-10-17-8-3-2-4-9-17;1-12-5-6-13(15-11-12)14(17)7-10-16-8-3-2-4-9-16;1-10-5-6-11(13-9-10)12(15)14-7-3-2-4-8-14;1-5-2-3-6(7(9)10)8-4-5/h8-9,14,17,20H,5-7,10-13H2,1-4H3;5-6,11,13H,2-4,7-10,15H2,1H3;5-6,11H,2-4,7-10H2,1H3;5-6,9H,2-4,7-8H2,1H3;2-4H,1H3,(H,9,10)/t17?,23-;;;;/m1..../s1. The van der Waals surface area contributed by atoms with Gasteiger partial charge in [-0.05, 0) is 230 Å². The molecule has 3 atom stereocenters. The van der Waals surface area contributed by atoms with Gasteiger partial charge in [0.1, 0.15) is 17.1 Å². The number of nitrogens with two attached hydrogens (primary N) is 1. The number of carboxylic acids is 1. The molecule has 4 aliphatic heterocycles. The number of carbonyl (C=O) groups excluding carboxylic acids is 2. The van der Waals surface area contributed by atoms with E-state index in [9.17, 15) is 18.6 Å². The molecule has 82 heavy (non-hydrogen) atoms. The minimum absolute atomic E-state index is 0.0394. The number of likely N-dealkylation sites (tertiary alicyclic amines) is 4. The van der Waals surface area contributed by atoms with Crippen molar-refractivity contribution in [3.05, 3.63) is 148 Å². The highest BCUT2D eigenvalue weighted by atomic mass is 32.2. The van der Waals surface area contributed by atoms with Gasteiger partial charge in [0.05, 0.1) is 33.2 Å².